The van der Waals surface area contributed by atoms with E-state index in [9.17, 15) is 0 Å². The zero-order valence-corrected chi connectivity index (χ0v) is 13.6. The number of hydrogen-bond donors (Lipinski definition) is 1. The molecule has 0 spiro atoms. The Morgan fingerprint density at radius 2 is 1.95 bits per heavy atom. The smallest absolute Gasteiger partial charge is 0.138 e. The second-order valence-corrected chi connectivity index (χ2v) is 6.05. The Hall–Kier alpha value is -1.50. The Kier molecular flexibility index (Phi) is 3.93. The molecule has 0 aliphatic heterocycles. The van der Waals surface area contributed by atoms with Crippen molar-refractivity contribution in [2.45, 2.75) is 19.8 Å². The maximum absolute atomic E-state index is 6.28. The van der Waals surface area contributed by atoms with Gasteiger partial charge in [-0.3, -0.25) is 0 Å². The number of anilines is 2. The fraction of sp³-hybridized carbons (Fsp3) is 0.231. The van der Waals surface area contributed by atoms with Crippen LogP contribution in [0, 0.1) is 0 Å². The predicted octanol–water partition coefficient (Wildman–Crippen LogP) is 4.66. The fourth-order valence-corrected chi connectivity index (χ4v) is 3.14. The third-order valence-corrected chi connectivity index (χ3v) is 4.19. The Labute approximate surface area is 135 Å². The largest absolute Gasteiger partial charge is 0.337 e. The Morgan fingerprint density at radius 1 is 1.14 bits per heavy atom. The number of fused-ring (bicyclic) bond motifs is 1. The summed E-state index contributed by atoms with van der Waals surface area (Å²) in [6.07, 6.45) is 1.42. The summed E-state index contributed by atoms with van der Waals surface area (Å²) in [6.45, 7) is 4.06. The standard InChI is InChI=1S/C13H11Cl2N5S/c1-6(2)9-12(15)16-5-17-13(9)18-10-7(14)3-4-8-11(10)20-21-19-8/h3-6H,1-2H3,(H,16,17,18). The van der Waals surface area contributed by atoms with Crippen LogP contribution in [-0.2, 0) is 0 Å². The molecule has 3 aromatic rings. The van der Waals surface area contributed by atoms with Crippen LogP contribution in [0.2, 0.25) is 10.2 Å². The Morgan fingerprint density at radius 3 is 2.71 bits per heavy atom. The van der Waals surface area contributed by atoms with Crippen LogP contribution in [0.1, 0.15) is 25.3 Å². The molecule has 0 radical (unpaired) electrons. The summed E-state index contributed by atoms with van der Waals surface area (Å²) in [4.78, 5) is 8.31. The van der Waals surface area contributed by atoms with Crippen molar-refractivity contribution in [2.75, 3.05) is 5.32 Å². The number of halogens is 2. The van der Waals surface area contributed by atoms with Gasteiger partial charge in [-0.25, -0.2) is 9.97 Å². The molecule has 0 saturated carbocycles. The molecular weight excluding hydrogens is 329 g/mol. The van der Waals surface area contributed by atoms with Gasteiger partial charge < -0.3 is 5.32 Å². The van der Waals surface area contributed by atoms with Crippen molar-refractivity contribution in [3.63, 3.8) is 0 Å². The zero-order valence-electron chi connectivity index (χ0n) is 11.3. The van der Waals surface area contributed by atoms with Crippen molar-refractivity contribution in [2.24, 2.45) is 0 Å². The Balaban J connectivity index is 2.13. The van der Waals surface area contributed by atoms with Gasteiger partial charge in [0.25, 0.3) is 0 Å². The second-order valence-electron chi connectivity index (χ2n) is 4.76. The molecule has 2 aromatic heterocycles. The van der Waals surface area contributed by atoms with E-state index in [1.54, 1.807) is 6.07 Å². The summed E-state index contributed by atoms with van der Waals surface area (Å²) >= 11 is 13.6. The molecule has 108 valence electrons. The number of nitrogens with one attached hydrogen (secondary N) is 1. The van der Waals surface area contributed by atoms with Gasteiger partial charge in [-0.05, 0) is 18.1 Å². The van der Waals surface area contributed by atoms with Gasteiger partial charge in [0, 0.05) is 5.56 Å². The molecule has 0 aliphatic carbocycles. The first kappa shape index (κ1) is 14.4. The number of nitrogens with zero attached hydrogens (tertiary/aromatic N) is 4. The van der Waals surface area contributed by atoms with E-state index in [1.807, 2.05) is 19.9 Å². The van der Waals surface area contributed by atoms with Crippen molar-refractivity contribution < 1.29 is 0 Å². The van der Waals surface area contributed by atoms with E-state index in [2.05, 4.69) is 24.0 Å². The molecule has 0 unspecified atom stereocenters. The quantitative estimate of drug-likeness (QED) is 0.703. The molecule has 1 N–H and O–H groups in total. The minimum absolute atomic E-state index is 0.174. The summed E-state index contributed by atoms with van der Waals surface area (Å²) in [5, 5.41) is 4.22. The van der Waals surface area contributed by atoms with Crippen molar-refractivity contribution in [3.8, 4) is 0 Å². The molecule has 0 saturated heterocycles. The maximum atomic E-state index is 6.28. The third kappa shape index (κ3) is 2.66. The summed E-state index contributed by atoms with van der Waals surface area (Å²) in [7, 11) is 0. The molecule has 5 nitrogen and oxygen atoms in total. The van der Waals surface area contributed by atoms with Gasteiger partial charge in [0.15, 0.2) is 0 Å². The fourth-order valence-electron chi connectivity index (χ4n) is 2.05. The van der Waals surface area contributed by atoms with Crippen LogP contribution in [0.15, 0.2) is 18.5 Å². The van der Waals surface area contributed by atoms with Gasteiger partial charge in [0.05, 0.1) is 22.4 Å². The molecule has 1 aromatic carbocycles. The van der Waals surface area contributed by atoms with Crippen molar-refractivity contribution in [1.82, 2.24) is 18.7 Å². The summed E-state index contributed by atoms with van der Waals surface area (Å²) < 4.78 is 8.49. The van der Waals surface area contributed by atoms with Gasteiger partial charge in [-0.2, -0.15) is 8.75 Å². The van der Waals surface area contributed by atoms with Crippen LogP contribution < -0.4 is 5.32 Å². The van der Waals surface area contributed by atoms with E-state index in [-0.39, 0.29) is 5.92 Å². The first-order valence-electron chi connectivity index (χ1n) is 6.26. The van der Waals surface area contributed by atoms with Gasteiger partial charge in [0.1, 0.15) is 28.3 Å². The van der Waals surface area contributed by atoms with Crippen LogP contribution >= 0.6 is 34.9 Å². The molecule has 0 atom stereocenters. The van der Waals surface area contributed by atoms with E-state index < -0.39 is 0 Å². The van der Waals surface area contributed by atoms with Crippen molar-refractivity contribution >= 4 is 57.5 Å². The van der Waals surface area contributed by atoms with Gasteiger partial charge >= 0.3 is 0 Å². The monoisotopic (exact) mass is 339 g/mol. The van der Waals surface area contributed by atoms with E-state index in [4.69, 9.17) is 23.2 Å². The maximum Gasteiger partial charge on any atom is 0.138 e. The lowest BCUT2D eigenvalue weighted by Gasteiger charge is -2.15. The highest BCUT2D eigenvalue weighted by atomic mass is 35.5. The van der Waals surface area contributed by atoms with Crippen LogP contribution in [-0.4, -0.2) is 18.7 Å². The van der Waals surface area contributed by atoms with Crippen molar-refractivity contribution in [1.29, 1.82) is 0 Å². The first-order valence-corrected chi connectivity index (χ1v) is 7.74. The van der Waals surface area contributed by atoms with Gasteiger partial charge in [0.2, 0.25) is 0 Å². The highest BCUT2D eigenvalue weighted by molar-refractivity contribution is 7.00. The second kappa shape index (κ2) is 5.71. The van der Waals surface area contributed by atoms with Gasteiger partial charge in [-0.15, -0.1) is 0 Å². The number of benzene rings is 1. The van der Waals surface area contributed by atoms with Crippen LogP contribution in [0.5, 0.6) is 0 Å². The number of rotatable bonds is 3. The van der Waals surface area contributed by atoms with Crippen molar-refractivity contribution in [3.05, 3.63) is 34.2 Å². The number of hydrogen-bond acceptors (Lipinski definition) is 6. The van der Waals surface area contributed by atoms with Crippen LogP contribution in [0.3, 0.4) is 0 Å². The first-order chi connectivity index (χ1) is 10.1. The molecule has 0 aliphatic rings. The minimum Gasteiger partial charge on any atom is -0.337 e. The lowest BCUT2D eigenvalue weighted by Crippen LogP contribution is -2.03. The normalized spacial score (nSPS) is 11.3. The predicted molar refractivity (Wildman–Crippen MR) is 86.8 cm³/mol. The lowest BCUT2D eigenvalue weighted by atomic mass is 10.1. The molecular formula is C13H11Cl2N5S. The molecule has 2 heterocycles. The molecule has 3 rings (SSSR count). The highest BCUT2D eigenvalue weighted by Gasteiger charge is 2.17. The van der Waals surface area contributed by atoms with Crippen LogP contribution in [0.25, 0.3) is 11.0 Å². The molecule has 0 fully saturated rings. The molecule has 8 heteroatoms. The number of aromatic nitrogens is 4. The van der Waals surface area contributed by atoms with E-state index in [0.29, 0.717) is 21.7 Å². The van der Waals surface area contributed by atoms with E-state index >= 15 is 0 Å². The minimum atomic E-state index is 0.174. The lowest BCUT2D eigenvalue weighted by molar-refractivity contribution is 0.850. The van der Waals surface area contributed by atoms with Gasteiger partial charge in [-0.1, -0.05) is 37.0 Å². The third-order valence-electron chi connectivity index (χ3n) is 3.03. The summed E-state index contributed by atoms with van der Waals surface area (Å²) in [6, 6.07) is 3.62. The average Bonchev–Trinajstić information content (AvgIpc) is 2.90. The summed E-state index contributed by atoms with van der Waals surface area (Å²) in [5.41, 5.74) is 3.03. The Bertz CT molecular complexity index is 802. The SMILES string of the molecule is CC(C)c1c(Cl)ncnc1Nc1c(Cl)ccc2nsnc12. The zero-order chi connectivity index (χ0) is 15.0. The topological polar surface area (TPSA) is 63.6 Å². The molecule has 0 amide bonds. The average molecular weight is 340 g/mol. The van der Waals surface area contributed by atoms with Crippen LogP contribution in [0.4, 0.5) is 11.5 Å². The van der Waals surface area contributed by atoms with E-state index in [0.717, 1.165) is 28.3 Å². The highest BCUT2D eigenvalue weighted by Crippen LogP contribution is 2.35. The summed E-state index contributed by atoms with van der Waals surface area (Å²) in [5.74, 6) is 0.806. The molecule has 0 bridgehead atoms. The molecule has 21 heavy (non-hydrogen) atoms. The van der Waals surface area contributed by atoms with E-state index in [1.165, 1.54) is 6.33 Å².